The molecule has 1 fully saturated rings. The summed E-state index contributed by atoms with van der Waals surface area (Å²) in [6.07, 6.45) is -11.3. The first-order valence-corrected chi connectivity index (χ1v) is 36.7. The molecule has 3 heterocycles. The summed E-state index contributed by atoms with van der Waals surface area (Å²) in [5.74, 6) is -16.2. The van der Waals surface area contributed by atoms with Gasteiger partial charge < -0.3 is 116 Å². The van der Waals surface area contributed by atoms with Crippen LogP contribution in [0.2, 0.25) is 0 Å². The van der Waals surface area contributed by atoms with Crippen LogP contribution in [-0.2, 0) is 4.74 Å². The van der Waals surface area contributed by atoms with Gasteiger partial charge in [-0.3, -0.25) is 0 Å². The predicted molar refractivity (Wildman–Crippen MR) is 405 cm³/mol. The average molecular weight is 1520 g/mol. The van der Waals surface area contributed by atoms with E-state index in [2.05, 4.69) is 0 Å². The van der Waals surface area contributed by atoms with Gasteiger partial charge in [-0.15, -0.1) is 0 Å². The molecule has 0 unspecified atom stereocenters. The van der Waals surface area contributed by atoms with Gasteiger partial charge in [0.2, 0.25) is 6.29 Å². The zero-order valence-electron chi connectivity index (χ0n) is 59.4. The first-order valence-electron chi connectivity index (χ1n) is 36.7. The zero-order valence-corrected chi connectivity index (χ0v) is 59.4. The van der Waals surface area contributed by atoms with Gasteiger partial charge in [-0.25, -0.2) is 0 Å². The monoisotopic (exact) mass is 1520 g/mol. The molecule has 12 aromatic carbocycles. The third-order valence-electron chi connectivity index (χ3n) is 23.8. The number of hydrogen-bond acceptors (Lipinski definition) is 23. The molecule has 23 heteroatoms. The van der Waals surface area contributed by atoms with Crippen molar-refractivity contribution < 1.29 is 116 Å². The molecular weight excluding hydrogens is 1450 g/mol. The van der Waals surface area contributed by atoms with Crippen LogP contribution in [0.4, 0.5) is 0 Å². The Morgan fingerprint density at radius 1 is 0.319 bits per heavy atom. The molecule has 0 radical (unpaired) electrons. The molecule has 6 aliphatic rings. The third-order valence-corrected chi connectivity index (χ3v) is 23.8. The van der Waals surface area contributed by atoms with Crippen LogP contribution >= 0.6 is 0 Å². The topological polar surface area (TPSA) is 421 Å². The number of phenols is 15. The number of aliphatic hydroxyl groups excluding tert-OH is 4. The second kappa shape index (κ2) is 27.1. The maximum Gasteiger partial charge on any atom is 0.229 e. The van der Waals surface area contributed by atoms with Crippen molar-refractivity contribution in [1.29, 1.82) is 0 Å². The molecule has 23 nitrogen and oxygen atoms in total. The summed E-state index contributed by atoms with van der Waals surface area (Å²) in [6, 6.07) is 54.1. The largest absolute Gasteiger partial charge is 0.508 e. The molecule has 0 saturated carbocycles. The van der Waals surface area contributed by atoms with E-state index in [-0.39, 0.29) is 125 Å². The molecule has 0 spiro atoms. The highest BCUT2D eigenvalue weighted by atomic mass is 16.7. The van der Waals surface area contributed by atoms with E-state index >= 15 is 5.11 Å². The molecule has 3 aliphatic carbocycles. The predicted octanol–water partition coefficient (Wildman–Crippen LogP) is 13.0. The smallest absolute Gasteiger partial charge is 0.229 e. The summed E-state index contributed by atoms with van der Waals surface area (Å²) in [5, 5.41) is 225. The van der Waals surface area contributed by atoms with Gasteiger partial charge in [0.25, 0.3) is 0 Å². The number of ether oxygens (including phenoxy) is 4. The van der Waals surface area contributed by atoms with Gasteiger partial charge in [0.05, 0.1) is 18.4 Å². The second-order valence-corrected chi connectivity index (χ2v) is 30.2. The van der Waals surface area contributed by atoms with Gasteiger partial charge in [-0.05, 0) is 182 Å². The standard InChI is InChI=1S/C90H74O23/c91-37-65-83(106)85(108)86(109)90(112-65)110-58-35-61-73(63(105)36-58)70(44-25-52(98)29-53(99)26-44)66(38-1-13-46(92)14-2-38)75(61)69(41-7-19-49(95)20-8-41)82-84(107)80-76(60-32-57(103)34-64-74(60)71(45-27-54(100)30-55(101)28-45)87(111-64)42-9-21-50(96)22-10-42)68(40-5-17-48(94)18-6-40)78-67(39-3-15-47(93)16-4-39)72-59(31-56(102)33-62(72)104)77-81(79(78)80)89(82)113-88(77)43-11-23-51(97)24-12-43/h1-36,65-71,75-78,83,85-88,90-109H,37H2/t65-,66+,67-,68-,69+,70+,71-,75+,76-,77-,78+,83-,85+,86-,87+,88+,90-/m1/s1. The highest BCUT2D eigenvalue weighted by molar-refractivity contribution is 5.78. The molecule has 0 aromatic heterocycles. The van der Waals surface area contributed by atoms with Gasteiger partial charge in [-0.1, -0.05) is 72.8 Å². The number of phenolic OH excluding ortho intramolecular Hbond substituents is 15. The lowest BCUT2D eigenvalue weighted by molar-refractivity contribution is -0.277. The van der Waals surface area contributed by atoms with Crippen molar-refractivity contribution in [1.82, 2.24) is 0 Å². The Kier molecular flexibility index (Phi) is 17.1. The van der Waals surface area contributed by atoms with Crippen LogP contribution < -0.4 is 14.2 Å². The van der Waals surface area contributed by atoms with E-state index < -0.39 is 120 Å². The van der Waals surface area contributed by atoms with E-state index in [9.17, 15) is 91.9 Å². The maximum absolute atomic E-state index is 15.6. The van der Waals surface area contributed by atoms with Crippen molar-refractivity contribution in [2.45, 2.75) is 102 Å². The summed E-state index contributed by atoms with van der Waals surface area (Å²) in [7, 11) is 0. The highest BCUT2D eigenvalue weighted by Crippen LogP contribution is 2.75. The molecular formula is C90H74O23. The Balaban J connectivity index is 1.02. The quantitative estimate of drug-likeness (QED) is 0.0481. The Hall–Kier alpha value is -13.2. The van der Waals surface area contributed by atoms with Crippen LogP contribution in [0.5, 0.6) is 103 Å². The van der Waals surface area contributed by atoms with Gasteiger partial charge in [0.15, 0.2) is 0 Å². The van der Waals surface area contributed by atoms with E-state index in [0.29, 0.717) is 66.8 Å². The van der Waals surface area contributed by atoms with Crippen molar-refractivity contribution >= 4 is 0 Å². The fraction of sp³-hybridized carbons (Fsp3) is 0.200. The van der Waals surface area contributed by atoms with Gasteiger partial charge >= 0.3 is 0 Å². The molecule has 572 valence electrons. The normalized spacial score (nSPS) is 25.1. The van der Waals surface area contributed by atoms with Gasteiger partial charge in [0, 0.05) is 111 Å². The van der Waals surface area contributed by atoms with Gasteiger partial charge in [-0.2, -0.15) is 0 Å². The molecule has 17 atom stereocenters. The first kappa shape index (κ1) is 71.4. The van der Waals surface area contributed by atoms with Crippen molar-refractivity contribution in [2.75, 3.05) is 6.61 Å². The SMILES string of the molecule is OC[C@H]1O[C@@H](Oc2cc(O)c3c(c2)[C@H]([C@H](c2ccc(O)cc2)c2c(O)c4c5c6c2O[C@@H](c2ccc(O)cc2)[C@@H]6c2cc(O)cc(O)c2[C@@H](c2ccc(O)cc2)[C@H]5[C@H](c2ccc(O)cc2)[C@H]4c2cc(O)cc4c2[C@@H](c2cc(O)cc(O)c2)[C@H](c2ccc(O)cc2)O4)[C@@H](c2ccc(O)cc2)[C@@H]3c2cc(O)cc(O)c2)[C@H](O)[C@@H](O)[C@@H]1O. The van der Waals surface area contributed by atoms with Crippen LogP contribution in [-0.4, -0.2) is 134 Å². The van der Waals surface area contributed by atoms with E-state index in [1.165, 1.54) is 127 Å². The molecule has 0 amide bonds. The Morgan fingerprint density at radius 3 is 1.30 bits per heavy atom. The minimum Gasteiger partial charge on any atom is -0.508 e. The summed E-state index contributed by atoms with van der Waals surface area (Å²) in [5.41, 5.74) is 5.79. The third kappa shape index (κ3) is 11.8. The minimum atomic E-state index is -1.97. The molecule has 12 aromatic rings. The molecule has 0 bridgehead atoms. The van der Waals surface area contributed by atoms with Crippen molar-refractivity contribution in [3.8, 4) is 103 Å². The highest BCUT2D eigenvalue weighted by Gasteiger charge is 2.61. The van der Waals surface area contributed by atoms with Crippen LogP contribution in [0, 0.1) is 0 Å². The average Bonchev–Trinajstić information content (AvgIpc) is 1.50. The van der Waals surface area contributed by atoms with E-state index in [1.54, 1.807) is 78.9 Å². The molecule has 3 aliphatic heterocycles. The zero-order chi connectivity index (χ0) is 78.6. The fourth-order valence-corrected chi connectivity index (χ4v) is 19.5. The van der Waals surface area contributed by atoms with E-state index in [1.807, 2.05) is 0 Å². The number of fused-ring (bicyclic) bond motifs is 4. The lowest BCUT2D eigenvalue weighted by atomic mass is 9.67. The fourth-order valence-electron chi connectivity index (χ4n) is 19.5. The number of aliphatic hydroxyl groups is 4. The lowest BCUT2D eigenvalue weighted by Gasteiger charge is -2.39. The Labute approximate surface area is 643 Å². The number of rotatable bonds is 14. The van der Waals surface area contributed by atoms with E-state index in [4.69, 9.17) is 18.9 Å². The number of benzene rings is 12. The summed E-state index contributed by atoms with van der Waals surface area (Å²) in [6.45, 7) is -0.831. The second-order valence-electron chi connectivity index (χ2n) is 30.2. The molecule has 18 rings (SSSR count). The molecule has 113 heavy (non-hydrogen) atoms. The maximum atomic E-state index is 15.6. The number of aromatic hydroxyl groups is 15. The molecule has 1 saturated heterocycles. The first-order chi connectivity index (χ1) is 54.4. The van der Waals surface area contributed by atoms with Crippen molar-refractivity contribution in [2.24, 2.45) is 0 Å². The van der Waals surface area contributed by atoms with Crippen LogP contribution in [0.3, 0.4) is 0 Å². The van der Waals surface area contributed by atoms with Crippen LogP contribution in [0.25, 0.3) is 0 Å². The number of hydrogen-bond donors (Lipinski definition) is 19. The minimum absolute atomic E-state index is 0.00295. The van der Waals surface area contributed by atoms with Crippen LogP contribution in [0.15, 0.2) is 218 Å². The summed E-state index contributed by atoms with van der Waals surface area (Å²) in [4.78, 5) is 0. The summed E-state index contributed by atoms with van der Waals surface area (Å²) >= 11 is 0. The van der Waals surface area contributed by atoms with Gasteiger partial charge in [0.1, 0.15) is 140 Å². The van der Waals surface area contributed by atoms with E-state index in [0.717, 1.165) is 12.1 Å². The summed E-state index contributed by atoms with van der Waals surface area (Å²) < 4.78 is 27.4. The lowest BCUT2D eigenvalue weighted by Crippen LogP contribution is -2.60. The Bertz CT molecular complexity index is 5700. The molecule has 19 N–H and O–H groups in total. The Morgan fingerprint density at radius 2 is 0.761 bits per heavy atom. The van der Waals surface area contributed by atoms with Crippen molar-refractivity contribution in [3.63, 3.8) is 0 Å². The van der Waals surface area contributed by atoms with Crippen LogP contribution in [0.1, 0.15) is 172 Å². The van der Waals surface area contributed by atoms with Crippen molar-refractivity contribution in [3.05, 3.63) is 319 Å².